The first-order chi connectivity index (χ1) is 6.72. The number of fused-ring (bicyclic) bond motifs is 1. The molecule has 0 N–H and O–H groups in total. The predicted octanol–water partition coefficient (Wildman–Crippen LogP) is 1.38. The molecule has 2 aromatic rings. The Balaban J connectivity index is 0.00000112. The van der Waals surface area contributed by atoms with E-state index >= 15 is 0 Å². The summed E-state index contributed by atoms with van der Waals surface area (Å²) in [7, 11) is 0. The van der Waals surface area contributed by atoms with Crippen LogP contribution in [0, 0.1) is 6.92 Å². The van der Waals surface area contributed by atoms with Crippen molar-refractivity contribution in [3.05, 3.63) is 41.5 Å². The molecule has 15 heavy (non-hydrogen) atoms. The minimum Gasteiger partial charge on any atom is -0.164 e. The van der Waals surface area contributed by atoms with E-state index in [9.17, 15) is 0 Å². The van der Waals surface area contributed by atoms with Crippen molar-refractivity contribution in [3.63, 3.8) is 0 Å². The van der Waals surface area contributed by atoms with Gasteiger partial charge in [-0.15, -0.1) is 34.5 Å². The Morgan fingerprint density at radius 3 is 2.67 bits per heavy atom. The molecule has 0 aromatic heterocycles. The van der Waals surface area contributed by atoms with Gasteiger partial charge in [0.1, 0.15) is 0 Å². The summed E-state index contributed by atoms with van der Waals surface area (Å²) in [6.07, 6.45) is 1.22. The number of rotatable bonds is 2. The van der Waals surface area contributed by atoms with Crippen LogP contribution in [-0.2, 0) is 0 Å². The van der Waals surface area contributed by atoms with Crippen LogP contribution in [0.25, 0.3) is 10.8 Å². The molecule has 1 atom stereocenters. The fourth-order valence-corrected chi connectivity index (χ4v) is 1.93. The minimum atomic E-state index is 0. The molecule has 1 heteroatoms. The maximum absolute atomic E-state index is 2.35. The monoisotopic (exact) mass is 192 g/mol. The molecular formula is C14H17Li. The summed E-state index contributed by atoms with van der Waals surface area (Å²) in [5.41, 5.74) is 2.87. The third kappa shape index (κ3) is 2.33. The van der Waals surface area contributed by atoms with Crippen molar-refractivity contribution in [2.24, 2.45) is 0 Å². The molecule has 0 nitrogen and oxygen atoms in total. The van der Waals surface area contributed by atoms with E-state index in [1.165, 1.54) is 28.3 Å². The zero-order chi connectivity index (χ0) is 10.1. The molecule has 0 fully saturated rings. The topological polar surface area (TPSA) is 0 Å². The summed E-state index contributed by atoms with van der Waals surface area (Å²) in [5.74, 6) is 0.682. The second kappa shape index (κ2) is 4.97. The smallest absolute Gasteiger partial charge is 0.164 e. The van der Waals surface area contributed by atoms with Crippen LogP contribution in [0.5, 0.6) is 0 Å². The average molecular weight is 192 g/mol. The van der Waals surface area contributed by atoms with Gasteiger partial charge in [0, 0.05) is 0 Å². The number of hydrogen-bond acceptors (Lipinski definition) is 0. The molecule has 0 aliphatic carbocycles. The van der Waals surface area contributed by atoms with Gasteiger partial charge in [-0.25, -0.2) is 0 Å². The summed E-state index contributed by atoms with van der Waals surface area (Å²) >= 11 is 0. The van der Waals surface area contributed by atoms with Gasteiger partial charge in [0.25, 0.3) is 0 Å². The van der Waals surface area contributed by atoms with E-state index in [4.69, 9.17) is 0 Å². The second-order valence-electron chi connectivity index (χ2n) is 4.18. The fraction of sp³-hybridized carbons (Fsp3) is 0.357. The van der Waals surface area contributed by atoms with Gasteiger partial charge < -0.3 is 0 Å². The van der Waals surface area contributed by atoms with Crippen molar-refractivity contribution in [3.8, 4) is 0 Å². The van der Waals surface area contributed by atoms with Gasteiger partial charge in [-0.2, -0.15) is 6.07 Å². The molecule has 0 saturated heterocycles. The first-order valence-electron chi connectivity index (χ1n) is 5.38. The van der Waals surface area contributed by atoms with Crippen LogP contribution in [0.3, 0.4) is 0 Å². The van der Waals surface area contributed by atoms with Crippen LogP contribution < -0.4 is 18.9 Å². The maximum Gasteiger partial charge on any atom is 1.00 e. The van der Waals surface area contributed by atoms with Gasteiger partial charge in [-0.1, -0.05) is 31.9 Å². The molecule has 0 saturated carbocycles. The number of aryl methyl sites for hydroxylation is 1. The summed E-state index contributed by atoms with van der Waals surface area (Å²) in [6, 6.07) is 11.2. The number of hydrogen-bond donors (Lipinski definition) is 0. The molecular weight excluding hydrogens is 175 g/mol. The Bertz CT molecular complexity index is 440. The van der Waals surface area contributed by atoms with Crippen molar-refractivity contribution in [2.75, 3.05) is 0 Å². The van der Waals surface area contributed by atoms with Crippen molar-refractivity contribution < 1.29 is 18.9 Å². The van der Waals surface area contributed by atoms with Gasteiger partial charge in [-0.05, 0) is 12.8 Å². The van der Waals surface area contributed by atoms with Gasteiger partial charge in [0.15, 0.2) is 0 Å². The third-order valence-electron chi connectivity index (χ3n) is 3.17. The van der Waals surface area contributed by atoms with Crippen LogP contribution >= 0.6 is 0 Å². The minimum absolute atomic E-state index is 0. The molecule has 2 aromatic carbocycles. The zero-order valence-electron chi connectivity index (χ0n) is 10.2. The standard InChI is InChI=1S/C14H17.Li/c1-4-10(2)13-8-12-7-5-6-11(3)14(12)9-13;/h5-10H,4H2,1-3H3;/q-1;+1. The Morgan fingerprint density at radius 1 is 1.33 bits per heavy atom. The largest absolute Gasteiger partial charge is 1.00 e. The van der Waals surface area contributed by atoms with E-state index in [0.717, 1.165) is 0 Å². The maximum atomic E-state index is 2.35. The van der Waals surface area contributed by atoms with Gasteiger partial charge in [0.2, 0.25) is 0 Å². The molecule has 0 aliphatic heterocycles. The fourth-order valence-electron chi connectivity index (χ4n) is 1.93. The Morgan fingerprint density at radius 2 is 2.07 bits per heavy atom. The van der Waals surface area contributed by atoms with Gasteiger partial charge in [-0.3, -0.25) is 0 Å². The van der Waals surface area contributed by atoms with Crippen molar-refractivity contribution in [2.45, 2.75) is 33.1 Å². The summed E-state index contributed by atoms with van der Waals surface area (Å²) in [5, 5.41) is 2.81. The number of benzene rings is 1. The van der Waals surface area contributed by atoms with Crippen LogP contribution in [0.15, 0.2) is 30.3 Å². The van der Waals surface area contributed by atoms with Crippen LogP contribution in [-0.4, -0.2) is 0 Å². The Hall–Kier alpha value is -0.573. The molecule has 0 radical (unpaired) electrons. The normalized spacial score (nSPS) is 12.5. The van der Waals surface area contributed by atoms with Gasteiger partial charge >= 0.3 is 18.9 Å². The van der Waals surface area contributed by atoms with E-state index < -0.39 is 0 Å². The third-order valence-corrected chi connectivity index (χ3v) is 3.17. The first kappa shape index (κ1) is 12.5. The van der Waals surface area contributed by atoms with Gasteiger partial charge in [0.05, 0.1) is 0 Å². The van der Waals surface area contributed by atoms with Crippen LogP contribution in [0.4, 0.5) is 0 Å². The molecule has 0 heterocycles. The van der Waals surface area contributed by atoms with E-state index in [1.54, 1.807) is 0 Å². The van der Waals surface area contributed by atoms with E-state index in [1.807, 2.05) is 0 Å². The Labute approximate surface area is 104 Å². The Kier molecular flexibility index (Phi) is 4.14. The molecule has 0 amide bonds. The summed E-state index contributed by atoms with van der Waals surface area (Å²) < 4.78 is 0. The quantitative estimate of drug-likeness (QED) is 0.498. The molecule has 2 rings (SSSR count). The molecule has 0 spiro atoms. The predicted molar refractivity (Wildman–Crippen MR) is 63.0 cm³/mol. The van der Waals surface area contributed by atoms with Crippen LogP contribution in [0.2, 0.25) is 0 Å². The average Bonchev–Trinajstić information content (AvgIpc) is 2.62. The van der Waals surface area contributed by atoms with E-state index in [2.05, 4.69) is 51.1 Å². The van der Waals surface area contributed by atoms with Crippen molar-refractivity contribution >= 4 is 10.8 Å². The molecule has 74 valence electrons. The first-order valence-corrected chi connectivity index (χ1v) is 5.38. The van der Waals surface area contributed by atoms with Crippen molar-refractivity contribution in [1.82, 2.24) is 0 Å². The molecule has 1 unspecified atom stereocenters. The molecule has 0 aliphatic rings. The summed E-state index contributed by atoms with van der Waals surface area (Å²) in [4.78, 5) is 0. The van der Waals surface area contributed by atoms with Crippen LogP contribution in [0.1, 0.15) is 37.3 Å². The van der Waals surface area contributed by atoms with Crippen molar-refractivity contribution in [1.29, 1.82) is 0 Å². The zero-order valence-corrected chi connectivity index (χ0v) is 10.2. The second-order valence-corrected chi connectivity index (χ2v) is 4.18. The molecule has 0 bridgehead atoms. The van der Waals surface area contributed by atoms with E-state index in [-0.39, 0.29) is 18.9 Å². The SMILES string of the molecule is CCC(C)c1cc2c(C)cccc2[cH-]1.[Li+]. The summed E-state index contributed by atoms with van der Waals surface area (Å²) in [6.45, 7) is 6.72. The van der Waals surface area contributed by atoms with E-state index in [0.29, 0.717) is 5.92 Å².